The minimum absolute atomic E-state index is 0.0153. The number of carbonyl (C=O) groups is 1. The molecule has 3 aromatic heterocycles. The quantitative estimate of drug-likeness (QED) is 0.485. The molecule has 8 nitrogen and oxygen atoms in total. The van der Waals surface area contributed by atoms with E-state index in [1.54, 1.807) is 24.5 Å². The molecule has 3 heterocycles. The van der Waals surface area contributed by atoms with Crippen molar-refractivity contribution in [3.63, 3.8) is 0 Å². The average molecular weight is 452 g/mol. The van der Waals surface area contributed by atoms with Crippen LogP contribution in [0.3, 0.4) is 0 Å². The van der Waals surface area contributed by atoms with Gasteiger partial charge in [-0.2, -0.15) is 9.78 Å². The first-order valence-electron chi connectivity index (χ1n) is 12.0. The predicted molar refractivity (Wildman–Crippen MR) is 127 cm³/mol. The van der Waals surface area contributed by atoms with Gasteiger partial charge >= 0.3 is 0 Å². The molecule has 8 heteroatoms. The van der Waals surface area contributed by atoms with Gasteiger partial charge in [-0.25, -0.2) is 4.98 Å². The summed E-state index contributed by atoms with van der Waals surface area (Å²) in [6, 6.07) is 6.83. The Labute approximate surface area is 193 Å². The Hall–Kier alpha value is -3.16. The van der Waals surface area contributed by atoms with Gasteiger partial charge in [0.25, 0.3) is 5.56 Å². The van der Waals surface area contributed by atoms with E-state index in [-0.39, 0.29) is 29.3 Å². The lowest BCUT2D eigenvalue weighted by Crippen LogP contribution is -2.28. The fraction of sp³-hybridized carbons (Fsp3) is 0.520. The molecular formula is C25H33N5O3. The van der Waals surface area contributed by atoms with Crippen LogP contribution in [0.5, 0.6) is 0 Å². The first kappa shape index (κ1) is 23.0. The van der Waals surface area contributed by atoms with Crippen LogP contribution in [0.4, 0.5) is 5.82 Å². The molecule has 0 saturated heterocycles. The highest BCUT2D eigenvalue weighted by Crippen LogP contribution is 2.33. The Balaban J connectivity index is 1.59. The van der Waals surface area contributed by atoms with Gasteiger partial charge in [0.1, 0.15) is 11.5 Å². The first-order valence-corrected chi connectivity index (χ1v) is 12.0. The Morgan fingerprint density at radius 1 is 1.27 bits per heavy atom. The topological polar surface area (TPSA) is 106 Å². The minimum atomic E-state index is -0.263. The Bertz CT molecular complexity index is 1120. The number of unbranched alkanes of at least 4 members (excludes halogenated alkanes) is 1. The molecule has 1 saturated carbocycles. The van der Waals surface area contributed by atoms with E-state index in [2.05, 4.69) is 27.3 Å². The number of nitrogens with one attached hydrogen (secondary N) is 2. The molecule has 0 atom stereocenters. The summed E-state index contributed by atoms with van der Waals surface area (Å²) < 4.78 is 6.98. The standard InChI is InChI=1S/C25H33N5O3/c1-4-5-7-17-9-11-18(12-10-17)24(32)27-22-14-20(21-8-6-13-33-21)29-30(22)25-26-19(16(2)3)15-23(31)28-25/h6,8,13-18H,4-5,7,9-12H2,1-3H3,(H,27,32)(H,26,28,31). The van der Waals surface area contributed by atoms with Gasteiger partial charge in [0.2, 0.25) is 11.9 Å². The van der Waals surface area contributed by atoms with Crippen LogP contribution in [-0.4, -0.2) is 25.7 Å². The van der Waals surface area contributed by atoms with E-state index < -0.39 is 0 Å². The van der Waals surface area contributed by atoms with Crippen molar-refractivity contribution in [3.05, 3.63) is 46.6 Å². The first-order chi connectivity index (χ1) is 15.9. The number of nitrogens with zero attached hydrogens (tertiary/aromatic N) is 3. The molecule has 33 heavy (non-hydrogen) atoms. The monoisotopic (exact) mass is 451 g/mol. The van der Waals surface area contributed by atoms with Gasteiger partial charge in [-0.05, 0) is 49.7 Å². The van der Waals surface area contributed by atoms with Crippen molar-refractivity contribution in [1.29, 1.82) is 0 Å². The number of hydrogen-bond acceptors (Lipinski definition) is 5. The number of H-pyrrole nitrogens is 1. The molecule has 0 aromatic carbocycles. The molecule has 1 fully saturated rings. The van der Waals surface area contributed by atoms with Crippen LogP contribution in [0.25, 0.3) is 17.4 Å². The van der Waals surface area contributed by atoms with Crippen molar-refractivity contribution in [1.82, 2.24) is 19.7 Å². The second-order valence-electron chi connectivity index (χ2n) is 9.30. The Morgan fingerprint density at radius 2 is 2.06 bits per heavy atom. The second-order valence-corrected chi connectivity index (χ2v) is 9.30. The van der Waals surface area contributed by atoms with E-state index in [4.69, 9.17) is 4.42 Å². The zero-order chi connectivity index (χ0) is 23.4. The van der Waals surface area contributed by atoms with Crippen molar-refractivity contribution >= 4 is 11.7 Å². The van der Waals surface area contributed by atoms with Gasteiger partial charge in [-0.15, -0.1) is 0 Å². The summed E-state index contributed by atoms with van der Waals surface area (Å²) in [6.07, 6.45) is 9.31. The van der Waals surface area contributed by atoms with Gasteiger partial charge in [0.05, 0.1) is 12.0 Å². The van der Waals surface area contributed by atoms with Gasteiger partial charge in [0, 0.05) is 18.1 Å². The third-order valence-electron chi connectivity index (χ3n) is 6.46. The molecule has 0 unspecified atom stereocenters. The van der Waals surface area contributed by atoms with Crippen LogP contribution in [0.15, 0.2) is 39.7 Å². The molecule has 2 N–H and O–H groups in total. The number of furan rings is 1. The SMILES string of the molecule is CCCCC1CCC(C(=O)Nc2cc(-c3ccco3)nn2-c2nc(C(C)C)cc(=O)[nH]2)CC1. The summed E-state index contributed by atoms with van der Waals surface area (Å²) in [6.45, 7) is 6.17. The number of carbonyl (C=O) groups excluding carboxylic acids is 1. The molecule has 0 spiro atoms. The fourth-order valence-corrected chi connectivity index (χ4v) is 4.47. The molecule has 0 bridgehead atoms. The van der Waals surface area contributed by atoms with Crippen molar-refractivity contribution in [3.8, 4) is 17.4 Å². The zero-order valence-electron chi connectivity index (χ0n) is 19.6. The molecule has 176 valence electrons. The average Bonchev–Trinajstić information content (AvgIpc) is 3.48. The third kappa shape index (κ3) is 5.43. The molecule has 1 aliphatic rings. The van der Waals surface area contributed by atoms with Crippen molar-refractivity contribution in [2.24, 2.45) is 11.8 Å². The van der Waals surface area contributed by atoms with Crippen LogP contribution in [0.1, 0.15) is 77.3 Å². The highest BCUT2D eigenvalue weighted by Gasteiger charge is 2.27. The summed E-state index contributed by atoms with van der Waals surface area (Å²) >= 11 is 0. The largest absolute Gasteiger partial charge is 0.463 e. The molecule has 3 aromatic rings. The maximum atomic E-state index is 13.1. The lowest BCUT2D eigenvalue weighted by atomic mass is 9.79. The maximum Gasteiger partial charge on any atom is 0.252 e. The van der Waals surface area contributed by atoms with E-state index in [0.29, 0.717) is 23.0 Å². The third-order valence-corrected chi connectivity index (χ3v) is 6.46. The summed E-state index contributed by atoms with van der Waals surface area (Å²) in [7, 11) is 0. The van der Waals surface area contributed by atoms with Crippen LogP contribution in [0, 0.1) is 11.8 Å². The van der Waals surface area contributed by atoms with Crippen LogP contribution < -0.4 is 10.9 Å². The molecule has 1 amide bonds. The Kier molecular flexibility index (Phi) is 7.11. The summed E-state index contributed by atoms with van der Waals surface area (Å²) in [5.41, 5.74) is 0.948. The minimum Gasteiger partial charge on any atom is -0.463 e. The van der Waals surface area contributed by atoms with Gasteiger partial charge in [0.15, 0.2) is 5.76 Å². The summed E-state index contributed by atoms with van der Waals surface area (Å²) in [5.74, 6) is 2.07. The Morgan fingerprint density at radius 3 is 2.73 bits per heavy atom. The lowest BCUT2D eigenvalue weighted by molar-refractivity contribution is -0.121. The van der Waals surface area contributed by atoms with E-state index >= 15 is 0 Å². The van der Waals surface area contributed by atoms with Gasteiger partial charge < -0.3 is 9.73 Å². The number of rotatable bonds is 8. The van der Waals surface area contributed by atoms with E-state index in [9.17, 15) is 9.59 Å². The van der Waals surface area contributed by atoms with E-state index in [0.717, 1.165) is 31.6 Å². The normalized spacial score (nSPS) is 18.5. The van der Waals surface area contributed by atoms with Crippen molar-refractivity contribution in [2.45, 2.75) is 71.6 Å². The number of hydrogen-bond donors (Lipinski definition) is 2. The predicted octanol–water partition coefficient (Wildman–Crippen LogP) is 5.27. The summed E-state index contributed by atoms with van der Waals surface area (Å²) in [5, 5.41) is 7.63. The number of aromatic nitrogens is 4. The zero-order valence-corrected chi connectivity index (χ0v) is 19.6. The second kappa shape index (κ2) is 10.2. The lowest BCUT2D eigenvalue weighted by Gasteiger charge is -2.27. The number of amides is 1. The highest BCUT2D eigenvalue weighted by atomic mass is 16.3. The molecular weight excluding hydrogens is 418 g/mol. The van der Waals surface area contributed by atoms with Gasteiger partial charge in [-0.1, -0.05) is 40.0 Å². The maximum absolute atomic E-state index is 13.1. The van der Waals surface area contributed by atoms with E-state index in [1.165, 1.54) is 30.0 Å². The van der Waals surface area contributed by atoms with Crippen LogP contribution in [0.2, 0.25) is 0 Å². The highest BCUT2D eigenvalue weighted by molar-refractivity contribution is 5.92. The van der Waals surface area contributed by atoms with Gasteiger partial charge in [-0.3, -0.25) is 14.6 Å². The van der Waals surface area contributed by atoms with Crippen molar-refractivity contribution < 1.29 is 9.21 Å². The van der Waals surface area contributed by atoms with Crippen LogP contribution >= 0.6 is 0 Å². The smallest absolute Gasteiger partial charge is 0.252 e. The molecule has 0 radical (unpaired) electrons. The molecule has 1 aliphatic carbocycles. The number of anilines is 1. The van der Waals surface area contributed by atoms with Crippen LogP contribution in [-0.2, 0) is 4.79 Å². The molecule has 4 rings (SSSR count). The van der Waals surface area contributed by atoms with E-state index in [1.807, 2.05) is 13.8 Å². The van der Waals surface area contributed by atoms with Crippen molar-refractivity contribution in [2.75, 3.05) is 5.32 Å². The number of aromatic amines is 1. The summed E-state index contributed by atoms with van der Waals surface area (Å²) in [4.78, 5) is 32.7. The fourth-order valence-electron chi connectivity index (χ4n) is 4.47. The molecule has 0 aliphatic heterocycles.